The molecule has 0 spiro atoms. The van der Waals surface area contributed by atoms with Crippen molar-refractivity contribution >= 4 is 17.1 Å². The standard InChI is InChI=1S/C13H12NO3S/c15-12(8-14-4-6-18-9-14)11-2-1-10-3-5-16-17-13(10)7-11/h1-2,4,6-7,9H,3,5,8H2/q+1. The van der Waals surface area contributed by atoms with Crippen LogP contribution >= 0.6 is 11.3 Å². The lowest BCUT2D eigenvalue weighted by Crippen LogP contribution is -2.35. The molecule has 1 aromatic carbocycles. The summed E-state index contributed by atoms with van der Waals surface area (Å²) in [7, 11) is 0. The van der Waals surface area contributed by atoms with Crippen molar-refractivity contribution in [2.24, 2.45) is 0 Å². The molecule has 0 bridgehead atoms. The molecule has 0 aliphatic carbocycles. The van der Waals surface area contributed by atoms with E-state index in [2.05, 4.69) is 0 Å². The van der Waals surface area contributed by atoms with Gasteiger partial charge in [0.15, 0.2) is 11.9 Å². The third-order valence-electron chi connectivity index (χ3n) is 2.85. The SMILES string of the molecule is O=C(C[n+]1ccsc1)c1ccc2c(c1)OOCC2. The Kier molecular flexibility index (Phi) is 3.08. The van der Waals surface area contributed by atoms with Crippen LogP contribution in [0.2, 0.25) is 0 Å². The Morgan fingerprint density at radius 1 is 1.44 bits per heavy atom. The number of Topliss-reactive ketones (excluding diaryl/α,β-unsaturated/α-hetero) is 1. The number of aromatic nitrogens is 1. The van der Waals surface area contributed by atoms with Crippen molar-refractivity contribution in [3.8, 4) is 5.75 Å². The van der Waals surface area contributed by atoms with Gasteiger partial charge in [-0.05, 0) is 6.07 Å². The largest absolute Gasteiger partial charge is 0.337 e. The van der Waals surface area contributed by atoms with Gasteiger partial charge in [-0.15, -0.1) is 0 Å². The van der Waals surface area contributed by atoms with Gasteiger partial charge in [0.25, 0.3) is 0 Å². The molecule has 0 fully saturated rings. The Morgan fingerprint density at radius 2 is 2.39 bits per heavy atom. The second kappa shape index (κ2) is 4.88. The fraction of sp³-hybridized carbons (Fsp3) is 0.231. The lowest BCUT2D eigenvalue weighted by Gasteiger charge is -2.15. The van der Waals surface area contributed by atoms with E-state index in [1.54, 1.807) is 17.4 Å². The molecule has 2 aromatic rings. The summed E-state index contributed by atoms with van der Waals surface area (Å²) in [6.45, 7) is 0.911. The molecule has 0 saturated carbocycles. The number of thiazole rings is 1. The zero-order valence-electron chi connectivity index (χ0n) is 9.67. The third kappa shape index (κ3) is 2.27. The van der Waals surface area contributed by atoms with Crippen molar-refractivity contribution in [2.45, 2.75) is 13.0 Å². The van der Waals surface area contributed by atoms with Gasteiger partial charge >= 0.3 is 0 Å². The zero-order valence-corrected chi connectivity index (χ0v) is 10.5. The molecule has 1 aromatic heterocycles. The van der Waals surface area contributed by atoms with Gasteiger partial charge in [-0.3, -0.25) is 4.79 Å². The molecular formula is C13H12NO3S+. The van der Waals surface area contributed by atoms with E-state index in [1.165, 1.54) is 0 Å². The molecule has 1 aliphatic heterocycles. The normalized spacial score (nSPS) is 13.8. The lowest BCUT2D eigenvalue weighted by atomic mass is 10.0. The second-order valence-electron chi connectivity index (χ2n) is 4.10. The molecule has 1 aliphatic rings. The van der Waals surface area contributed by atoms with Crippen LogP contribution in [0.25, 0.3) is 0 Å². The first-order valence-corrected chi connectivity index (χ1v) is 6.64. The van der Waals surface area contributed by atoms with E-state index in [0.29, 0.717) is 24.5 Å². The molecule has 0 unspecified atom stereocenters. The predicted molar refractivity (Wildman–Crippen MR) is 65.6 cm³/mol. The molecule has 92 valence electrons. The summed E-state index contributed by atoms with van der Waals surface area (Å²) >= 11 is 1.57. The van der Waals surface area contributed by atoms with Crippen molar-refractivity contribution in [3.05, 3.63) is 46.4 Å². The number of carbonyl (C=O) groups is 1. The molecular weight excluding hydrogens is 250 g/mol. The molecule has 18 heavy (non-hydrogen) atoms. The van der Waals surface area contributed by atoms with Crippen LogP contribution in [-0.4, -0.2) is 12.4 Å². The molecule has 2 heterocycles. The molecule has 0 radical (unpaired) electrons. The van der Waals surface area contributed by atoms with Crippen LogP contribution in [0, 0.1) is 0 Å². The van der Waals surface area contributed by atoms with E-state index in [-0.39, 0.29) is 5.78 Å². The highest BCUT2D eigenvalue weighted by Crippen LogP contribution is 2.24. The van der Waals surface area contributed by atoms with Gasteiger partial charge in [-0.2, -0.15) is 9.45 Å². The third-order valence-corrected chi connectivity index (χ3v) is 3.52. The van der Waals surface area contributed by atoms with E-state index in [4.69, 9.17) is 9.78 Å². The number of rotatable bonds is 3. The van der Waals surface area contributed by atoms with Gasteiger partial charge in [0, 0.05) is 17.5 Å². The quantitative estimate of drug-likeness (QED) is 0.481. The maximum absolute atomic E-state index is 12.1. The maximum atomic E-state index is 12.1. The lowest BCUT2D eigenvalue weighted by molar-refractivity contribution is -0.678. The Bertz CT molecular complexity index is 566. The topological polar surface area (TPSA) is 39.4 Å². The summed E-state index contributed by atoms with van der Waals surface area (Å²) < 4.78 is 1.86. The fourth-order valence-electron chi connectivity index (χ4n) is 1.88. The predicted octanol–water partition coefficient (Wildman–Crippen LogP) is 1.78. The van der Waals surface area contributed by atoms with Crippen molar-refractivity contribution in [3.63, 3.8) is 0 Å². The fourth-order valence-corrected chi connectivity index (χ4v) is 2.48. The highest BCUT2D eigenvalue weighted by Gasteiger charge is 2.17. The highest BCUT2D eigenvalue weighted by atomic mass is 32.1. The van der Waals surface area contributed by atoms with E-state index < -0.39 is 0 Å². The van der Waals surface area contributed by atoms with Crippen molar-refractivity contribution in [2.75, 3.05) is 6.61 Å². The average molecular weight is 262 g/mol. The number of hydrogen-bond acceptors (Lipinski definition) is 4. The summed E-state index contributed by atoms with van der Waals surface area (Å²) in [6.07, 6.45) is 2.71. The van der Waals surface area contributed by atoms with Gasteiger partial charge in [-0.1, -0.05) is 23.5 Å². The number of nitrogens with zero attached hydrogens (tertiary/aromatic N) is 1. The number of benzene rings is 1. The second-order valence-corrected chi connectivity index (χ2v) is 4.86. The number of fused-ring (bicyclic) bond motifs is 1. The molecule has 0 amide bonds. The first-order chi connectivity index (χ1) is 8.83. The zero-order chi connectivity index (χ0) is 12.4. The molecule has 3 rings (SSSR count). The smallest absolute Gasteiger partial charge is 0.227 e. The Balaban J connectivity index is 1.81. The highest BCUT2D eigenvalue weighted by molar-refractivity contribution is 7.07. The molecule has 5 heteroatoms. The molecule has 0 saturated heterocycles. The summed E-state index contributed by atoms with van der Waals surface area (Å²) in [6, 6.07) is 5.54. The van der Waals surface area contributed by atoms with Gasteiger partial charge in [-0.25, -0.2) is 0 Å². The Morgan fingerprint density at radius 3 is 3.22 bits per heavy atom. The van der Waals surface area contributed by atoms with Crippen LogP contribution < -0.4 is 9.45 Å². The first-order valence-electron chi connectivity index (χ1n) is 5.70. The van der Waals surface area contributed by atoms with Crippen LogP contribution in [0.15, 0.2) is 35.3 Å². The number of hydrogen-bond donors (Lipinski definition) is 0. The van der Waals surface area contributed by atoms with Gasteiger partial charge in [0.05, 0.1) is 12.0 Å². The number of ketones is 1. The summed E-state index contributed by atoms with van der Waals surface area (Å²) in [4.78, 5) is 22.1. The molecule has 0 atom stereocenters. The van der Waals surface area contributed by atoms with E-state index in [0.717, 1.165) is 12.0 Å². The minimum absolute atomic E-state index is 0.0652. The van der Waals surface area contributed by atoms with Crippen LogP contribution in [0.4, 0.5) is 0 Å². The molecule has 0 N–H and O–H groups in total. The van der Waals surface area contributed by atoms with Gasteiger partial charge in [0.1, 0.15) is 0 Å². The van der Waals surface area contributed by atoms with Crippen molar-refractivity contribution in [1.82, 2.24) is 0 Å². The monoisotopic (exact) mass is 262 g/mol. The van der Waals surface area contributed by atoms with E-state index >= 15 is 0 Å². The van der Waals surface area contributed by atoms with Crippen LogP contribution in [-0.2, 0) is 17.9 Å². The maximum Gasteiger partial charge on any atom is 0.227 e. The summed E-state index contributed by atoms with van der Waals surface area (Å²) in [5, 5.41) is 1.94. The van der Waals surface area contributed by atoms with Crippen LogP contribution in [0.3, 0.4) is 0 Å². The minimum atomic E-state index is 0.0652. The van der Waals surface area contributed by atoms with Crippen molar-refractivity contribution < 1.29 is 19.1 Å². The summed E-state index contributed by atoms with van der Waals surface area (Å²) in [5.74, 6) is 0.720. The van der Waals surface area contributed by atoms with Crippen LogP contribution in [0.1, 0.15) is 15.9 Å². The minimum Gasteiger partial charge on any atom is -0.337 e. The Labute approximate surface area is 108 Å². The van der Waals surface area contributed by atoms with Gasteiger partial charge < -0.3 is 4.89 Å². The van der Waals surface area contributed by atoms with Crippen molar-refractivity contribution in [1.29, 1.82) is 0 Å². The van der Waals surface area contributed by atoms with E-state index in [9.17, 15) is 4.79 Å². The summed E-state index contributed by atoms with van der Waals surface area (Å²) in [5.41, 5.74) is 3.65. The molecule has 4 nitrogen and oxygen atoms in total. The Hall–Kier alpha value is -1.72. The average Bonchev–Trinajstić information content (AvgIpc) is 2.91. The van der Waals surface area contributed by atoms with Crippen LogP contribution in [0.5, 0.6) is 5.75 Å². The number of carbonyl (C=O) groups excluding carboxylic acids is 1. The first kappa shape index (κ1) is 11.4. The van der Waals surface area contributed by atoms with Gasteiger partial charge in [0.2, 0.25) is 17.8 Å². The van der Waals surface area contributed by atoms with E-state index in [1.807, 2.05) is 33.8 Å².